The molecule has 2 N–H and O–H groups in total. The predicted molar refractivity (Wildman–Crippen MR) is 69.8 cm³/mol. The Kier molecular flexibility index (Phi) is 3.57. The Labute approximate surface area is 100 Å². The first-order valence-electron chi connectivity index (χ1n) is 5.56. The van der Waals surface area contributed by atoms with Gasteiger partial charge >= 0.3 is 0 Å². The molecule has 1 aromatic carbocycles. The van der Waals surface area contributed by atoms with Crippen LogP contribution in [0, 0.1) is 0 Å². The highest BCUT2D eigenvalue weighted by molar-refractivity contribution is 7.15. The number of aromatic nitrogens is 1. The number of aryl methyl sites for hydroxylation is 1. The molecule has 0 aliphatic carbocycles. The molecule has 2 aromatic rings. The Morgan fingerprint density at radius 2 is 1.88 bits per heavy atom. The number of hydrogen-bond acceptors (Lipinski definition) is 3. The lowest BCUT2D eigenvalue weighted by Gasteiger charge is -2.01. The molecule has 0 saturated heterocycles. The molecule has 2 rings (SSSR count). The Morgan fingerprint density at radius 1 is 1.19 bits per heavy atom. The number of nitrogens with two attached hydrogens (primary N) is 1. The highest BCUT2D eigenvalue weighted by Gasteiger charge is 2.00. The number of nitrogen functional groups attached to an aromatic ring is 1. The van der Waals surface area contributed by atoms with Crippen LogP contribution in [0.3, 0.4) is 0 Å². The topological polar surface area (TPSA) is 38.9 Å². The molecule has 0 amide bonds. The molecule has 0 aliphatic rings. The van der Waals surface area contributed by atoms with Crippen molar-refractivity contribution in [1.82, 2.24) is 4.98 Å². The fourth-order valence-corrected chi connectivity index (χ4v) is 2.44. The second-order valence-electron chi connectivity index (χ2n) is 3.91. The van der Waals surface area contributed by atoms with E-state index < -0.39 is 0 Å². The van der Waals surface area contributed by atoms with Crippen molar-refractivity contribution >= 4 is 16.5 Å². The molecule has 0 radical (unpaired) electrons. The Bertz CT molecular complexity index is 445. The van der Waals surface area contributed by atoms with Gasteiger partial charge in [-0.15, -0.1) is 11.3 Å². The third-order valence-electron chi connectivity index (χ3n) is 2.51. The van der Waals surface area contributed by atoms with Gasteiger partial charge in [0.1, 0.15) is 0 Å². The third kappa shape index (κ3) is 2.83. The molecule has 0 bridgehead atoms. The lowest BCUT2D eigenvalue weighted by Crippen LogP contribution is -1.87. The fourth-order valence-electron chi connectivity index (χ4n) is 1.72. The molecular formula is C13H16N2S. The standard InChI is InChI=1S/C13H16N2S/c1-2-3-10-4-6-11(7-5-10)8-12-9-15-13(14)16-12/h4-7,9H,2-3,8H2,1H3,(H2,14,15). The quantitative estimate of drug-likeness (QED) is 0.878. The zero-order valence-electron chi connectivity index (χ0n) is 9.44. The van der Waals surface area contributed by atoms with Crippen molar-refractivity contribution < 1.29 is 0 Å². The van der Waals surface area contributed by atoms with Crippen LogP contribution >= 0.6 is 11.3 Å². The SMILES string of the molecule is CCCc1ccc(Cc2cnc(N)s2)cc1. The van der Waals surface area contributed by atoms with Gasteiger partial charge in [0.25, 0.3) is 0 Å². The van der Waals surface area contributed by atoms with Gasteiger partial charge in [-0.3, -0.25) is 0 Å². The average molecular weight is 232 g/mol. The summed E-state index contributed by atoms with van der Waals surface area (Å²) >= 11 is 1.56. The average Bonchev–Trinajstić information content (AvgIpc) is 2.67. The van der Waals surface area contributed by atoms with Crippen LogP contribution < -0.4 is 5.73 Å². The van der Waals surface area contributed by atoms with Crippen molar-refractivity contribution in [3.63, 3.8) is 0 Å². The maximum atomic E-state index is 5.60. The zero-order chi connectivity index (χ0) is 11.4. The second kappa shape index (κ2) is 5.12. The lowest BCUT2D eigenvalue weighted by atomic mass is 10.1. The maximum absolute atomic E-state index is 5.60. The largest absolute Gasteiger partial charge is 0.375 e. The van der Waals surface area contributed by atoms with Gasteiger partial charge in [-0.25, -0.2) is 4.98 Å². The van der Waals surface area contributed by atoms with E-state index in [1.54, 1.807) is 11.3 Å². The summed E-state index contributed by atoms with van der Waals surface area (Å²) < 4.78 is 0. The number of benzene rings is 1. The van der Waals surface area contributed by atoms with Crippen molar-refractivity contribution in [3.8, 4) is 0 Å². The summed E-state index contributed by atoms with van der Waals surface area (Å²) in [4.78, 5) is 5.28. The molecule has 1 aromatic heterocycles. The molecule has 16 heavy (non-hydrogen) atoms. The van der Waals surface area contributed by atoms with Crippen LogP contribution in [0.1, 0.15) is 29.3 Å². The third-order valence-corrected chi connectivity index (χ3v) is 3.34. The van der Waals surface area contributed by atoms with E-state index in [0.717, 1.165) is 12.8 Å². The van der Waals surface area contributed by atoms with E-state index in [1.165, 1.54) is 22.4 Å². The van der Waals surface area contributed by atoms with Crippen LogP contribution in [-0.4, -0.2) is 4.98 Å². The van der Waals surface area contributed by atoms with Gasteiger partial charge in [0.15, 0.2) is 5.13 Å². The van der Waals surface area contributed by atoms with E-state index >= 15 is 0 Å². The zero-order valence-corrected chi connectivity index (χ0v) is 10.3. The van der Waals surface area contributed by atoms with Gasteiger partial charge in [-0.2, -0.15) is 0 Å². The summed E-state index contributed by atoms with van der Waals surface area (Å²) in [7, 11) is 0. The number of nitrogens with zero attached hydrogens (tertiary/aromatic N) is 1. The summed E-state index contributed by atoms with van der Waals surface area (Å²) in [5.74, 6) is 0. The van der Waals surface area contributed by atoms with E-state index in [4.69, 9.17) is 5.73 Å². The Hall–Kier alpha value is -1.35. The Balaban J connectivity index is 2.05. The molecule has 0 unspecified atom stereocenters. The highest BCUT2D eigenvalue weighted by Crippen LogP contribution is 2.18. The van der Waals surface area contributed by atoms with Crippen LogP contribution in [0.5, 0.6) is 0 Å². The van der Waals surface area contributed by atoms with Gasteiger partial charge < -0.3 is 5.73 Å². The van der Waals surface area contributed by atoms with Crippen molar-refractivity contribution in [2.75, 3.05) is 5.73 Å². The van der Waals surface area contributed by atoms with Crippen molar-refractivity contribution in [2.45, 2.75) is 26.2 Å². The van der Waals surface area contributed by atoms with E-state index in [0.29, 0.717) is 5.13 Å². The van der Waals surface area contributed by atoms with Crippen LogP contribution in [0.15, 0.2) is 30.5 Å². The molecule has 84 valence electrons. The summed E-state index contributed by atoms with van der Waals surface area (Å²) in [5.41, 5.74) is 8.34. The van der Waals surface area contributed by atoms with Crippen molar-refractivity contribution in [2.24, 2.45) is 0 Å². The lowest BCUT2D eigenvalue weighted by molar-refractivity contribution is 0.920. The van der Waals surface area contributed by atoms with E-state index in [1.807, 2.05) is 6.20 Å². The molecule has 1 heterocycles. The molecule has 3 heteroatoms. The van der Waals surface area contributed by atoms with E-state index in [-0.39, 0.29) is 0 Å². The number of anilines is 1. The number of hydrogen-bond donors (Lipinski definition) is 1. The molecule has 0 saturated carbocycles. The van der Waals surface area contributed by atoms with Crippen LogP contribution in [-0.2, 0) is 12.8 Å². The molecule has 0 atom stereocenters. The first kappa shape index (κ1) is 11.1. The van der Waals surface area contributed by atoms with Gasteiger partial charge in [0.05, 0.1) is 0 Å². The summed E-state index contributed by atoms with van der Waals surface area (Å²) in [6.07, 6.45) is 5.15. The normalized spacial score (nSPS) is 10.6. The summed E-state index contributed by atoms with van der Waals surface area (Å²) in [6, 6.07) is 8.81. The van der Waals surface area contributed by atoms with Gasteiger partial charge in [0, 0.05) is 17.5 Å². The minimum atomic E-state index is 0.651. The van der Waals surface area contributed by atoms with Crippen molar-refractivity contribution in [3.05, 3.63) is 46.5 Å². The monoisotopic (exact) mass is 232 g/mol. The summed E-state index contributed by atoms with van der Waals surface area (Å²) in [6.45, 7) is 2.20. The minimum absolute atomic E-state index is 0.651. The highest BCUT2D eigenvalue weighted by atomic mass is 32.1. The maximum Gasteiger partial charge on any atom is 0.180 e. The minimum Gasteiger partial charge on any atom is -0.375 e. The van der Waals surface area contributed by atoms with E-state index in [2.05, 4.69) is 36.2 Å². The first-order valence-corrected chi connectivity index (χ1v) is 6.37. The number of rotatable bonds is 4. The van der Waals surface area contributed by atoms with E-state index in [9.17, 15) is 0 Å². The van der Waals surface area contributed by atoms with Gasteiger partial charge in [0.2, 0.25) is 0 Å². The van der Waals surface area contributed by atoms with Crippen LogP contribution in [0.25, 0.3) is 0 Å². The molecule has 0 spiro atoms. The van der Waals surface area contributed by atoms with Crippen molar-refractivity contribution in [1.29, 1.82) is 0 Å². The van der Waals surface area contributed by atoms with Gasteiger partial charge in [-0.1, -0.05) is 37.6 Å². The smallest absolute Gasteiger partial charge is 0.180 e. The van der Waals surface area contributed by atoms with Crippen LogP contribution in [0.2, 0.25) is 0 Å². The van der Waals surface area contributed by atoms with Gasteiger partial charge in [-0.05, 0) is 17.5 Å². The molecule has 0 fully saturated rings. The van der Waals surface area contributed by atoms with Crippen LogP contribution in [0.4, 0.5) is 5.13 Å². The molecule has 0 aliphatic heterocycles. The molecule has 2 nitrogen and oxygen atoms in total. The summed E-state index contributed by atoms with van der Waals surface area (Å²) in [5, 5.41) is 0.651. The second-order valence-corrected chi connectivity index (χ2v) is 5.05. The number of thiazole rings is 1. The molecular weight excluding hydrogens is 216 g/mol. The Morgan fingerprint density at radius 3 is 2.44 bits per heavy atom. The first-order chi connectivity index (χ1) is 7.78. The predicted octanol–water partition coefficient (Wildman–Crippen LogP) is 3.27. The fraction of sp³-hybridized carbons (Fsp3) is 0.308.